The number of carbonyl (C=O) groups is 1. The number of amides is 1. The molecule has 1 saturated carbocycles. The van der Waals surface area contributed by atoms with Gasteiger partial charge in [0.2, 0.25) is 15.9 Å². The molecule has 2 N–H and O–H groups in total. The van der Waals surface area contributed by atoms with E-state index in [0.29, 0.717) is 12.2 Å². The van der Waals surface area contributed by atoms with Crippen molar-refractivity contribution in [3.05, 3.63) is 30.1 Å². The Morgan fingerprint density at radius 3 is 2.50 bits per heavy atom. The van der Waals surface area contributed by atoms with Crippen LogP contribution in [0.25, 0.3) is 0 Å². The van der Waals surface area contributed by atoms with Crippen molar-refractivity contribution in [1.82, 2.24) is 10.0 Å². The maximum absolute atomic E-state index is 13.9. The lowest BCUT2D eigenvalue weighted by atomic mass is 10.1. The molecule has 0 aromatic heterocycles. The highest BCUT2D eigenvalue weighted by atomic mass is 32.2. The van der Waals surface area contributed by atoms with Crippen molar-refractivity contribution in [1.29, 1.82) is 0 Å². The zero-order valence-corrected chi connectivity index (χ0v) is 16.7. The van der Waals surface area contributed by atoms with Crippen LogP contribution < -0.4 is 10.0 Å². The van der Waals surface area contributed by atoms with E-state index in [-0.39, 0.29) is 11.9 Å². The minimum absolute atomic E-state index is 0.0831. The molecular weight excluding hydrogens is 375 g/mol. The van der Waals surface area contributed by atoms with Crippen LogP contribution in [0, 0.1) is 5.82 Å². The molecule has 0 spiro atoms. The summed E-state index contributed by atoms with van der Waals surface area (Å²) < 4.78 is 41.4. The van der Waals surface area contributed by atoms with E-state index < -0.39 is 26.8 Å². The molecule has 0 aliphatic heterocycles. The Morgan fingerprint density at radius 2 is 1.88 bits per heavy atom. The summed E-state index contributed by atoms with van der Waals surface area (Å²) in [7, 11) is -4.11. The number of thioether (sulfide) groups is 1. The molecule has 8 heteroatoms. The van der Waals surface area contributed by atoms with Crippen molar-refractivity contribution in [3.8, 4) is 0 Å². The molecule has 0 heterocycles. The monoisotopic (exact) mass is 402 g/mol. The van der Waals surface area contributed by atoms with Gasteiger partial charge in [-0.25, -0.2) is 12.8 Å². The quantitative estimate of drug-likeness (QED) is 0.656. The lowest BCUT2D eigenvalue weighted by Gasteiger charge is -2.22. The molecule has 0 bridgehead atoms. The van der Waals surface area contributed by atoms with E-state index in [2.05, 4.69) is 10.0 Å². The maximum Gasteiger partial charge on any atom is 0.244 e. The van der Waals surface area contributed by atoms with Crippen molar-refractivity contribution in [2.24, 2.45) is 0 Å². The Hall–Kier alpha value is -1.12. The van der Waals surface area contributed by atoms with Crippen molar-refractivity contribution >= 4 is 27.7 Å². The molecule has 0 radical (unpaired) electrons. The van der Waals surface area contributed by atoms with Crippen molar-refractivity contribution in [2.75, 3.05) is 12.0 Å². The SMILES string of the molecule is CSCCC(NS(=O)(=O)c1ccccc1F)C(=O)NC1CCCCCC1. The second-order valence-electron chi connectivity index (χ2n) is 6.58. The van der Waals surface area contributed by atoms with Crippen LogP contribution in [0.5, 0.6) is 0 Å². The molecule has 1 aliphatic rings. The molecule has 146 valence electrons. The summed E-state index contributed by atoms with van der Waals surface area (Å²) in [5.41, 5.74) is 0. The highest BCUT2D eigenvalue weighted by molar-refractivity contribution is 7.98. The van der Waals surface area contributed by atoms with E-state index in [1.807, 2.05) is 6.26 Å². The number of hydrogen-bond donors (Lipinski definition) is 2. The Bertz CT molecular complexity index is 689. The maximum atomic E-state index is 13.9. The molecule has 2 rings (SSSR count). The topological polar surface area (TPSA) is 75.3 Å². The van der Waals surface area contributed by atoms with Gasteiger partial charge in [-0.2, -0.15) is 16.5 Å². The van der Waals surface area contributed by atoms with Crippen LogP contribution in [-0.4, -0.2) is 38.4 Å². The van der Waals surface area contributed by atoms with Crippen LogP contribution in [-0.2, 0) is 14.8 Å². The van der Waals surface area contributed by atoms with Gasteiger partial charge in [0.25, 0.3) is 0 Å². The summed E-state index contributed by atoms with van der Waals surface area (Å²) >= 11 is 1.53. The molecular formula is C18H27FN2O3S2. The lowest BCUT2D eigenvalue weighted by Crippen LogP contribution is -2.49. The number of nitrogens with one attached hydrogen (secondary N) is 2. The fourth-order valence-corrected chi connectivity index (χ4v) is 4.90. The third-order valence-corrected chi connectivity index (χ3v) is 6.70. The molecule has 1 aromatic carbocycles. The summed E-state index contributed by atoms with van der Waals surface area (Å²) in [5.74, 6) is -0.526. The fourth-order valence-electron chi connectivity index (χ4n) is 3.12. The molecule has 0 saturated heterocycles. The second kappa shape index (κ2) is 10.3. The molecule has 1 aliphatic carbocycles. The van der Waals surface area contributed by atoms with Crippen LogP contribution >= 0.6 is 11.8 Å². The summed E-state index contributed by atoms with van der Waals surface area (Å²) in [6.45, 7) is 0. The van der Waals surface area contributed by atoms with Gasteiger partial charge in [0.15, 0.2) is 0 Å². The first-order valence-corrected chi connectivity index (χ1v) is 11.9. The highest BCUT2D eigenvalue weighted by Crippen LogP contribution is 2.18. The Kier molecular flexibility index (Phi) is 8.37. The standard InChI is InChI=1S/C18H27FN2O3S2/c1-25-13-12-16(18(22)20-14-8-4-2-3-5-9-14)21-26(23,24)17-11-7-6-10-15(17)19/h6-7,10-11,14,16,21H,2-5,8-9,12-13H2,1H3,(H,20,22). The highest BCUT2D eigenvalue weighted by Gasteiger charge is 2.28. The smallest absolute Gasteiger partial charge is 0.244 e. The molecule has 1 unspecified atom stereocenters. The summed E-state index contributed by atoms with van der Waals surface area (Å²) in [4.78, 5) is 12.2. The van der Waals surface area contributed by atoms with E-state index in [4.69, 9.17) is 0 Å². The second-order valence-corrected chi connectivity index (χ2v) is 9.25. The summed E-state index contributed by atoms with van der Waals surface area (Å²) in [6, 6.07) is 4.36. The predicted octanol–water partition coefficient (Wildman–Crippen LogP) is 3.06. The summed E-state index contributed by atoms with van der Waals surface area (Å²) in [6.07, 6.45) is 8.56. The van der Waals surface area contributed by atoms with Crippen molar-refractivity contribution in [2.45, 2.75) is 61.9 Å². The first-order chi connectivity index (χ1) is 12.4. The lowest BCUT2D eigenvalue weighted by molar-refractivity contribution is -0.123. The number of halogens is 1. The predicted molar refractivity (Wildman–Crippen MR) is 103 cm³/mol. The number of benzene rings is 1. The van der Waals surface area contributed by atoms with Crippen LogP contribution in [0.3, 0.4) is 0 Å². The molecule has 1 aromatic rings. The van der Waals surface area contributed by atoms with E-state index >= 15 is 0 Å². The van der Waals surface area contributed by atoms with E-state index in [9.17, 15) is 17.6 Å². The average molecular weight is 403 g/mol. The number of carbonyl (C=O) groups excluding carboxylic acids is 1. The van der Waals surface area contributed by atoms with Gasteiger partial charge >= 0.3 is 0 Å². The Balaban J connectivity index is 2.10. The normalized spacial score (nSPS) is 17.5. The van der Waals surface area contributed by atoms with Crippen LogP contribution in [0.4, 0.5) is 4.39 Å². The first kappa shape index (κ1) is 21.2. The number of hydrogen-bond acceptors (Lipinski definition) is 4. The molecule has 26 heavy (non-hydrogen) atoms. The van der Waals surface area contributed by atoms with Crippen LogP contribution in [0.15, 0.2) is 29.2 Å². The van der Waals surface area contributed by atoms with Gasteiger partial charge < -0.3 is 5.32 Å². The largest absolute Gasteiger partial charge is 0.352 e. The van der Waals surface area contributed by atoms with E-state index in [1.165, 1.54) is 42.8 Å². The van der Waals surface area contributed by atoms with Crippen molar-refractivity contribution < 1.29 is 17.6 Å². The first-order valence-electron chi connectivity index (χ1n) is 9.00. The van der Waals surface area contributed by atoms with Gasteiger partial charge in [-0.3, -0.25) is 4.79 Å². The van der Waals surface area contributed by atoms with Crippen LogP contribution in [0.2, 0.25) is 0 Å². The molecule has 1 amide bonds. The van der Waals surface area contributed by atoms with Gasteiger partial charge in [-0.15, -0.1) is 0 Å². The van der Waals surface area contributed by atoms with Gasteiger partial charge in [0.05, 0.1) is 0 Å². The van der Waals surface area contributed by atoms with E-state index in [0.717, 1.165) is 31.7 Å². The molecule has 1 fully saturated rings. The van der Waals surface area contributed by atoms with Gasteiger partial charge in [0, 0.05) is 6.04 Å². The minimum Gasteiger partial charge on any atom is -0.352 e. The third-order valence-electron chi connectivity index (χ3n) is 4.55. The number of sulfonamides is 1. The summed E-state index contributed by atoms with van der Waals surface area (Å²) in [5, 5.41) is 2.99. The van der Waals surface area contributed by atoms with Crippen molar-refractivity contribution in [3.63, 3.8) is 0 Å². The third kappa shape index (κ3) is 6.25. The Morgan fingerprint density at radius 1 is 1.23 bits per heavy atom. The zero-order chi connectivity index (χ0) is 19.0. The molecule has 5 nitrogen and oxygen atoms in total. The van der Waals surface area contributed by atoms with Crippen LogP contribution in [0.1, 0.15) is 44.9 Å². The Labute approximate surface area is 159 Å². The van der Waals surface area contributed by atoms with E-state index in [1.54, 1.807) is 0 Å². The average Bonchev–Trinajstić information content (AvgIpc) is 2.87. The molecule has 1 atom stereocenters. The van der Waals surface area contributed by atoms with Gasteiger partial charge in [0.1, 0.15) is 16.8 Å². The zero-order valence-electron chi connectivity index (χ0n) is 15.0. The fraction of sp³-hybridized carbons (Fsp3) is 0.611. The van der Waals surface area contributed by atoms with Gasteiger partial charge in [-0.05, 0) is 43.4 Å². The minimum atomic E-state index is -4.11. The van der Waals surface area contributed by atoms with Gasteiger partial charge in [-0.1, -0.05) is 37.8 Å². The number of rotatable bonds is 8.